The van der Waals surface area contributed by atoms with E-state index in [0.717, 1.165) is 16.3 Å². The van der Waals surface area contributed by atoms with Crippen LogP contribution in [0, 0.1) is 6.92 Å². The molecule has 0 atom stereocenters. The Bertz CT molecular complexity index is 1250. The number of aromatic nitrogens is 3. The van der Waals surface area contributed by atoms with Gasteiger partial charge in [-0.25, -0.2) is 14.8 Å². The number of pyridine rings is 2. The van der Waals surface area contributed by atoms with Gasteiger partial charge in [0.1, 0.15) is 22.8 Å². The van der Waals surface area contributed by atoms with Gasteiger partial charge in [0.2, 0.25) is 5.43 Å². The van der Waals surface area contributed by atoms with Gasteiger partial charge in [-0.2, -0.15) is 0 Å². The van der Waals surface area contributed by atoms with Crippen LogP contribution < -0.4 is 5.43 Å². The summed E-state index contributed by atoms with van der Waals surface area (Å²) in [5.74, 6) is -0.658. The van der Waals surface area contributed by atoms with E-state index < -0.39 is 5.97 Å². The second kappa shape index (κ2) is 7.97. The second-order valence-corrected chi connectivity index (χ2v) is 7.43. The number of nitrogens with zero attached hydrogens (tertiary/aromatic N) is 3. The molecule has 0 aliphatic heterocycles. The number of esters is 1. The maximum absolute atomic E-state index is 12.8. The monoisotopic (exact) mass is 405 g/mol. The molecule has 146 valence electrons. The number of carbonyl (C=O) groups excluding carboxylic acids is 1. The molecule has 6 nitrogen and oxygen atoms in total. The number of ether oxygens (including phenoxy) is 1. The Labute approximate surface area is 171 Å². The highest BCUT2D eigenvalue weighted by Gasteiger charge is 2.18. The van der Waals surface area contributed by atoms with E-state index in [1.54, 1.807) is 16.7 Å². The molecule has 0 aliphatic rings. The Balaban J connectivity index is 1.57. The largest absolute Gasteiger partial charge is 0.455 e. The lowest BCUT2D eigenvalue weighted by Crippen LogP contribution is -2.21. The Morgan fingerprint density at radius 1 is 1.14 bits per heavy atom. The minimum atomic E-state index is -0.658. The van der Waals surface area contributed by atoms with E-state index in [9.17, 15) is 9.59 Å². The Kier molecular flexibility index (Phi) is 5.22. The minimum absolute atomic E-state index is 0.00326. The summed E-state index contributed by atoms with van der Waals surface area (Å²) in [4.78, 5) is 34.3. The fraction of sp³-hybridized carbons (Fsp3) is 0.182. The van der Waals surface area contributed by atoms with Crippen LogP contribution in [0.2, 0.25) is 0 Å². The zero-order valence-electron chi connectivity index (χ0n) is 16.1. The molecule has 4 aromatic rings. The summed E-state index contributed by atoms with van der Waals surface area (Å²) in [6, 6.07) is 13.3. The molecule has 0 fully saturated rings. The fourth-order valence-electron chi connectivity index (χ4n) is 3.05. The van der Waals surface area contributed by atoms with Crippen LogP contribution in [0.1, 0.15) is 28.7 Å². The third kappa shape index (κ3) is 3.82. The van der Waals surface area contributed by atoms with E-state index in [2.05, 4.69) is 9.97 Å². The van der Waals surface area contributed by atoms with Gasteiger partial charge in [0.15, 0.2) is 0 Å². The molecule has 29 heavy (non-hydrogen) atoms. The number of fused-ring (bicyclic) bond motifs is 1. The molecule has 0 amide bonds. The number of thiazole rings is 1. The van der Waals surface area contributed by atoms with Crippen LogP contribution in [-0.4, -0.2) is 20.5 Å². The molecule has 0 N–H and O–H groups in total. The van der Waals surface area contributed by atoms with Gasteiger partial charge in [0.05, 0.1) is 11.1 Å². The summed E-state index contributed by atoms with van der Waals surface area (Å²) >= 11 is 1.49. The molecule has 0 aliphatic carbocycles. The van der Waals surface area contributed by atoms with Crippen molar-refractivity contribution in [1.82, 2.24) is 14.5 Å². The molecule has 0 unspecified atom stereocenters. The van der Waals surface area contributed by atoms with Gasteiger partial charge in [-0.15, -0.1) is 11.3 Å². The van der Waals surface area contributed by atoms with Crippen molar-refractivity contribution in [3.8, 4) is 10.6 Å². The standard InChI is InChI=1S/C22H19N3O3S/c1-3-25-11-18(19(26)17-10-9-14(2)23-20(17)25)22(27)28-12-16-13-29-21(24-16)15-7-5-4-6-8-15/h4-11,13H,3,12H2,1-2H3. The maximum atomic E-state index is 12.8. The van der Waals surface area contributed by atoms with Gasteiger partial charge in [0, 0.05) is 29.4 Å². The average Bonchev–Trinajstić information content (AvgIpc) is 3.22. The van der Waals surface area contributed by atoms with Gasteiger partial charge in [0.25, 0.3) is 0 Å². The van der Waals surface area contributed by atoms with Gasteiger partial charge >= 0.3 is 5.97 Å². The topological polar surface area (TPSA) is 74.1 Å². The first-order valence-electron chi connectivity index (χ1n) is 9.24. The van der Waals surface area contributed by atoms with Crippen LogP contribution in [0.25, 0.3) is 21.6 Å². The molecule has 0 radical (unpaired) electrons. The van der Waals surface area contributed by atoms with Gasteiger partial charge in [-0.1, -0.05) is 30.3 Å². The van der Waals surface area contributed by atoms with Crippen LogP contribution in [-0.2, 0) is 17.9 Å². The van der Waals surface area contributed by atoms with Gasteiger partial charge in [-0.3, -0.25) is 4.79 Å². The smallest absolute Gasteiger partial charge is 0.344 e. The first-order chi connectivity index (χ1) is 14.1. The fourth-order valence-corrected chi connectivity index (χ4v) is 3.86. The number of carbonyl (C=O) groups is 1. The van der Waals surface area contributed by atoms with Crippen LogP contribution in [0.3, 0.4) is 0 Å². The predicted octanol–water partition coefficient (Wildman–Crippen LogP) is 4.21. The summed E-state index contributed by atoms with van der Waals surface area (Å²) < 4.78 is 7.18. The Hall–Kier alpha value is -3.32. The minimum Gasteiger partial charge on any atom is -0.455 e. The van der Waals surface area contributed by atoms with Crippen molar-refractivity contribution in [1.29, 1.82) is 0 Å². The number of aryl methyl sites for hydroxylation is 2. The van der Waals surface area contributed by atoms with E-state index in [1.165, 1.54) is 17.5 Å². The summed E-state index contributed by atoms with van der Waals surface area (Å²) in [6.45, 7) is 4.39. The molecule has 0 saturated carbocycles. The van der Waals surface area contributed by atoms with Crippen molar-refractivity contribution in [3.05, 3.63) is 81.2 Å². The Morgan fingerprint density at radius 3 is 2.69 bits per heavy atom. The zero-order chi connectivity index (χ0) is 20.4. The summed E-state index contributed by atoms with van der Waals surface area (Å²) in [5, 5.41) is 3.12. The second-order valence-electron chi connectivity index (χ2n) is 6.57. The molecule has 3 heterocycles. The molecule has 1 aromatic carbocycles. The summed E-state index contributed by atoms with van der Waals surface area (Å²) in [5.41, 5.74) is 2.68. The number of hydrogen-bond acceptors (Lipinski definition) is 6. The SMILES string of the molecule is CCn1cc(C(=O)OCc2csc(-c3ccccc3)n2)c(=O)c2ccc(C)nc21. The van der Waals surface area contributed by atoms with Crippen molar-refractivity contribution in [2.24, 2.45) is 0 Å². The van der Waals surface area contributed by atoms with Crippen LogP contribution in [0.4, 0.5) is 0 Å². The van der Waals surface area contributed by atoms with Crippen LogP contribution >= 0.6 is 11.3 Å². The molecule has 7 heteroatoms. The van der Waals surface area contributed by atoms with E-state index in [4.69, 9.17) is 4.74 Å². The number of benzene rings is 1. The van der Waals surface area contributed by atoms with Crippen molar-refractivity contribution in [3.63, 3.8) is 0 Å². The molecule has 3 aromatic heterocycles. The van der Waals surface area contributed by atoms with Crippen LogP contribution in [0.5, 0.6) is 0 Å². The molecule has 4 rings (SSSR count). The molecule has 0 spiro atoms. The third-order valence-corrected chi connectivity index (χ3v) is 5.49. The average molecular weight is 405 g/mol. The van der Waals surface area contributed by atoms with E-state index >= 15 is 0 Å². The van der Waals surface area contributed by atoms with Gasteiger partial charge < -0.3 is 9.30 Å². The van der Waals surface area contributed by atoms with Gasteiger partial charge in [-0.05, 0) is 26.0 Å². The summed E-state index contributed by atoms with van der Waals surface area (Å²) in [6.07, 6.45) is 1.52. The maximum Gasteiger partial charge on any atom is 0.344 e. The lowest BCUT2D eigenvalue weighted by molar-refractivity contribution is 0.0466. The van der Waals surface area contributed by atoms with Crippen molar-refractivity contribution < 1.29 is 9.53 Å². The quantitative estimate of drug-likeness (QED) is 0.465. The predicted molar refractivity (Wildman–Crippen MR) is 113 cm³/mol. The molecule has 0 bridgehead atoms. The lowest BCUT2D eigenvalue weighted by Gasteiger charge is -2.11. The summed E-state index contributed by atoms with van der Waals surface area (Å²) in [7, 11) is 0. The van der Waals surface area contributed by atoms with E-state index in [0.29, 0.717) is 23.3 Å². The molecular weight excluding hydrogens is 386 g/mol. The van der Waals surface area contributed by atoms with E-state index in [1.807, 2.05) is 49.6 Å². The Morgan fingerprint density at radius 2 is 1.93 bits per heavy atom. The molecule has 0 saturated heterocycles. The highest BCUT2D eigenvalue weighted by molar-refractivity contribution is 7.13. The molecular formula is C22H19N3O3S. The van der Waals surface area contributed by atoms with Crippen LogP contribution in [0.15, 0.2) is 58.8 Å². The highest BCUT2D eigenvalue weighted by Crippen LogP contribution is 2.23. The first kappa shape index (κ1) is 19.0. The number of rotatable bonds is 5. The first-order valence-corrected chi connectivity index (χ1v) is 10.1. The van der Waals surface area contributed by atoms with Crippen molar-refractivity contribution >= 4 is 28.3 Å². The lowest BCUT2D eigenvalue weighted by atomic mass is 10.2. The van der Waals surface area contributed by atoms with E-state index in [-0.39, 0.29) is 17.6 Å². The third-order valence-electron chi connectivity index (χ3n) is 4.54. The van der Waals surface area contributed by atoms with Crippen molar-refractivity contribution in [2.75, 3.05) is 0 Å². The van der Waals surface area contributed by atoms with Crippen molar-refractivity contribution in [2.45, 2.75) is 27.0 Å². The number of hydrogen-bond donors (Lipinski definition) is 0. The zero-order valence-corrected chi connectivity index (χ0v) is 16.9. The highest BCUT2D eigenvalue weighted by atomic mass is 32.1. The normalized spacial score (nSPS) is 11.0.